The van der Waals surface area contributed by atoms with Crippen molar-refractivity contribution in [1.82, 2.24) is 0 Å². The Hall–Kier alpha value is -1.97. The summed E-state index contributed by atoms with van der Waals surface area (Å²) in [6.45, 7) is 0.862. The molecule has 4 heteroatoms. The fourth-order valence-corrected chi connectivity index (χ4v) is 2.92. The molecule has 3 rings (SSSR count). The van der Waals surface area contributed by atoms with E-state index >= 15 is 0 Å². The maximum Gasteiger partial charge on any atom is 0.416 e. The molecule has 1 unspecified atom stereocenters. The minimum Gasteiger partial charge on any atom is -0.385 e. The summed E-state index contributed by atoms with van der Waals surface area (Å²) >= 11 is 0. The molecule has 0 aliphatic carbocycles. The highest BCUT2D eigenvalue weighted by molar-refractivity contribution is 5.55. The SMILES string of the molecule is FC(F)(F)c1cccc(CC2CCNc3ccccc32)c1. The summed E-state index contributed by atoms with van der Waals surface area (Å²) in [6.07, 6.45) is -2.70. The lowest BCUT2D eigenvalue weighted by Gasteiger charge is -2.27. The Balaban J connectivity index is 1.85. The molecule has 0 aromatic heterocycles. The topological polar surface area (TPSA) is 12.0 Å². The molecule has 2 aromatic carbocycles. The largest absolute Gasteiger partial charge is 0.416 e. The van der Waals surface area contributed by atoms with Gasteiger partial charge < -0.3 is 5.32 Å². The summed E-state index contributed by atoms with van der Waals surface area (Å²) in [5, 5.41) is 3.33. The summed E-state index contributed by atoms with van der Waals surface area (Å²) in [5.74, 6) is 0.269. The molecule has 1 aliphatic rings. The zero-order valence-electron chi connectivity index (χ0n) is 11.5. The van der Waals surface area contributed by atoms with Gasteiger partial charge in [0.1, 0.15) is 0 Å². The molecule has 1 N–H and O–H groups in total. The predicted molar refractivity (Wildman–Crippen MR) is 77.4 cm³/mol. The highest BCUT2D eigenvalue weighted by atomic mass is 19.4. The quantitative estimate of drug-likeness (QED) is 0.834. The lowest BCUT2D eigenvalue weighted by atomic mass is 9.85. The summed E-state index contributed by atoms with van der Waals surface area (Å²) in [7, 11) is 0. The van der Waals surface area contributed by atoms with Gasteiger partial charge in [0.15, 0.2) is 0 Å². The number of benzene rings is 2. The third-order valence-corrected chi connectivity index (χ3v) is 3.95. The molecule has 0 saturated heterocycles. The molecule has 0 spiro atoms. The molecule has 0 radical (unpaired) electrons. The van der Waals surface area contributed by atoms with E-state index in [0.29, 0.717) is 6.42 Å². The number of fused-ring (bicyclic) bond motifs is 1. The Bertz CT molecular complexity index is 634. The number of para-hydroxylation sites is 1. The van der Waals surface area contributed by atoms with Crippen LogP contribution in [0.5, 0.6) is 0 Å². The van der Waals surface area contributed by atoms with Crippen molar-refractivity contribution < 1.29 is 13.2 Å². The Labute approximate surface area is 121 Å². The number of nitrogens with one attached hydrogen (secondary N) is 1. The first-order valence-electron chi connectivity index (χ1n) is 7.03. The van der Waals surface area contributed by atoms with Crippen LogP contribution in [0.2, 0.25) is 0 Å². The third-order valence-electron chi connectivity index (χ3n) is 3.95. The Morgan fingerprint density at radius 3 is 2.67 bits per heavy atom. The van der Waals surface area contributed by atoms with Crippen LogP contribution < -0.4 is 5.32 Å². The number of anilines is 1. The standard InChI is InChI=1S/C17H16F3N/c18-17(19,20)14-5-3-4-12(11-14)10-13-8-9-21-16-7-2-1-6-15(13)16/h1-7,11,13,21H,8-10H2. The van der Waals surface area contributed by atoms with Gasteiger partial charge in [-0.15, -0.1) is 0 Å². The molecule has 1 heterocycles. The van der Waals surface area contributed by atoms with Gasteiger partial charge in [0.05, 0.1) is 5.56 Å². The molecule has 1 aliphatic heterocycles. The summed E-state index contributed by atoms with van der Waals surface area (Å²) < 4.78 is 38.3. The molecular formula is C17H16F3N. The molecule has 1 atom stereocenters. The second-order valence-corrected chi connectivity index (χ2v) is 5.40. The molecule has 1 nitrogen and oxygen atoms in total. The van der Waals surface area contributed by atoms with Crippen LogP contribution in [0.3, 0.4) is 0 Å². The highest BCUT2D eigenvalue weighted by Crippen LogP contribution is 2.35. The molecule has 0 amide bonds. The van der Waals surface area contributed by atoms with Gasteiger partial charge in [0.25, 0.3) is 0 Å². The Kier molecular flexibility index (Phi) is 3.62. The third kappa shape index (κ3) is 3.04. The molecule has 2 aromatic rings. The monoisotopic (exact) mass is 291 g/mol. The van der Waals surface area contributed by atoms with Crippen LogP contribution in [-0.4, -0.2) is 6.54 Å². The van der Waals surface area contributed by atoms with Crippen LogP contribution in [0.1, 0.15) is 29.0 Å². The second kappa shape index (κ2) is 5.43. The van der Waals surface area contributed by atoms with E-state index < -0.39 is 11.7 Å². The van der Waals surface area contributed by atoms with Crippen LogP contribution in [0.25, 0.3) is 0 Å². The van der Waals surface area contributed by atoms with Crippen LogP contribution >= 0.6 is 0 Å². The first-order valence-corrected chi connectivity index (χ1v) is 7.03. The number of hydrogen-bond donors (Lipinski definition) is 1. The van der Waals surface area contributed by atoms with E-state index in [-0.39, 0.29) is 5.92 Å². The van der Waals surface area contributed by atoms with Gasteiger partial charge in [-0.05, 0) is 42.0 Å². The van der Waals surface area contributed by atoms with Gasteiger partial charge >= 0.3 is 6.18 Å². The molecule has 0 fully saturated rings. The number of halogens is 3. The molecular weight excluding hydrogens is 275 g/mol. The van der Waals surface area contributed by atoms with Gasteiger partial charge in [0.2, 0.25) is 0 Å². The van der Waals surface area contributed by atoms with Crippen LogP contribution in [0.15, 0.2) is 48.5 Å². The van der Waals surface area contributed by atoms with E-state index in [1.807, 2.05) is 18.2 Å². The van der Waals surface area contributed by atoms with Crippen molar-refractivity contribution in [2.45, 2.75) is 24.9 Å². The van der Waals surface area contributed by atoms with E-state index in [1.165, 1.54) is 17.7 Å². The number of rotatable bonds is 2. The minimum absolute atomic E-state index is 0.269. The first kappa shape index (κ1) is 14.0. The van der Waals surface area contributed by atoms with Crippen molar-refractivity contribution in [3.8, 4) is 0 Å². The average Bonchev–Trinajstić information content (AvgIpc) is 2.47. The van der Waals surface area contributed by atoms with E-state index in [2.05, 4.69) is 11.4 Å². The fourth-order valence-electron chi connectivity index (χ4n) is 2.92. The first-order chi connectivity index (χ1) is 10.0. The lowest BCUT2D eigenvalue weighted by molar-refractivity contribution is -0.137. The fraction of sp³-hybridized carbons (Fsp3) is 0.294. The average molecular weight is 291 g/mol. The van der Waals surface area contributed by atoms with E-state index in [0.717, 1.165) is 30.3 Å². The summed E-state index contributed by atoms with van der Waals surface area (Å²) in [6, 6.07) is 13.7. The van der Waals surface area contributed by atoms with Crippen molar-refractivity contribution in [1.29, 1.82) is 0 Å². The maximum atomic E-state index is 12.8. The maximum absolute atomic E-state index is 12.8. The predicted octanol–water partition coefficient (Wildman–Crippen LogP) is 4.85. The lowest BCUT2D eigenvalue weighted by Crippen LogP contribution is -2.18. The molecule has 110 valence electrons. The van der Waals surface area contributed by atoms with Crippen molar-refractivity contribution in [2.75, 3.05) is 11.9 Å². The van der Waals surface area contributed by atoms with Gasteiger partial charge in [0, 0.05) is 12.2 Å². The van der Waals surface area contributed by atoms with Crippen molar-refractivity contribution >= 4 is 5.69 Å². The van der Waals surface area contributed by atoms with E-state index in [1.54, 1.807) is 6.07 Å². The summed E-state index contributed by atoms with van der Waals surface area (Å²) in [5.41, 5.74) is 2.47. The van der Waals surface area contributed by atoms with Gasteiger partial charge in [-0.1, -0.05) is 36.4 Å². The van der Waals surface area contributed by atoms with Crippen LogP contribution in [0, 0.1) is 0 Å². The van der Waals surface area contributed by atoms with Crippen molar-refractivity contribution in [2.24, 2.45) is 0 Å². The van der Waals surface area contributed by atoms with E-state index in [9.17, 15) is 13.2 Å². The normalized spacial score (nSPS) is 18.0. The van der Waals surface area contributed by atoms with Crippen molar-refractivity contribution in [3.63, 3.8) is 0 Å². The minimum atomic E-state index is -4.28. The number of hydrogen-bond acceptors (Lipinski definition) is 1. The zero-order chi connectivity index (χ0) is 14.9. The Morgan fingerprint density at radius 1 is 1.05 bits per heavy atom. The van der Waals surface area contributed by atoms with Crippen molar-refractivity contribution in [3.05, 3.63) is 65.2 Å². The smallest absolute Gasteiger partial charge is 0.385 e. The van der Waals surface area contributed by atoms with Gasteiger partial charge in [-0.25, -0.2) is 0 Å². The van der Waals surface area contributed by atoms with Gasteiger partial charge in [-0.3, -0.25) is 0 Å². The highest BCUT2D eigenvalue weighted by Gasteiger charge is 2.30. The zero-order valence-corrected chi connectivity index (χ0v) is 11.5. The molecule has 0 bridgehead atoms. The van der Waals surface area contributed by atoms with Crippen LogP contribution in [-0.2, 0) is 12.6 Å². The summed E-state index contributed by atoms with van der Waals surface area (Å²) in [4.78, 5) is 0. The molecule has 21 heavy (non-hydrogen) atoms. The number of alkyl halides is 3. The Morgan fingerprint density at radius 2 is 1.86 bits per heavy atom. The van der Waals surface area contributed by atoms with Crippen LogP contribution in [0.4, 0.5) is 18.9 Å². The second-order valence-electron chi connectivity index (χ2n) is 5.40. The van der Waals surface area contributed by atoms with E-state index in [4.69, 9.17) is 0 Å². The van der Waals surface area contributed by atoms with Gasteiger partial charge in [-0.2, -0.15) is 13.2 Å². The molecule has 0 saturated carbocycles.